The first kappa shape index (κ1) is 23.4. The summed E-state index contributed by atoms with van der Waals surface area (Å²) < 4.78 is 0. The van der Waals surface area contributed by atoms with E-state index in [9.17, 15) is 24.6 Å². The first-order valence-electron chi connectivity index (χ1n) is 9.16. The van der Waals surface area contributed by atoms with Crippen LogP contribution in [0, 0.1) is 5.92 Å². The van der Waals surface area contributed by atoms with E-state index in [4.69, 9.17) is 10.2 Å². The topological polar surface area (TPSA) is 132 Å². The molecule has 0 saturated heterocycles. The van der Waals surface area contributed by atoms with E-state index >= 15 is 0 Å². The van der Waals surface area contributed by atoms with Gasteiger partial charge in [-0.15, -0.1) is 0 Å². The van der Waals surface area contributed by atoms with Crippen LogP contribution in [-0.2, 0) is 14.4 Å². The van der Waals surface area contributed by atoms with Crippen LogP contribution in [0.4, 0.5) is 0 Å². The Labute approximate surface area is 149 Å². The lowest BCUT2D eigenvalue weighted by molar-refractivity contribution is -0.179. The molecule has 0 heterocycles. The molecule has 0 aliphatic rings. The number of aliphatic carboxylic acids is 3. The zero-order chi connectivity index (χ0) is 19.3. The number of carbonyl (C=O) groups is 3. The predicted molar refractivity (Wildman–Crippen MR) is 92.4 cm³/mol. The molecule has 4 N–H and O–H groups in total. The van der Waals surface area contributed by atoms with Gasteiger partial charge in [0, 0.05) is 0 Å². The number of rotatable bonds is 16. The quantitative estimate of drug-likeness (QED) is 0.310. The zero-order valence-electron chi connectivity index (χ0n) is 15.1. The van der Waals surface area contributed by atoms with E-state index in [1.54, 1.807) is 0 Å². The average Bonchev–Trinajstić information content (AvgIpc) is 2.51. The standard InChI is InChI=1S/C18H32O7/c1-2-3-4-5-6-7-8-9-10-11-12-14(16(21)22)18(25,17(23)24)13-15(19)20/h14,25H,2-13H2,1H3,(H,19,20)(H,21,22)(H,23,24)/t14-,18+/m0/s1. The molecule has 0 radical (unpaired) electrons. The predicted octanol–water partition coefficient (Wildman–Crippen LogP) is 3.29. The van der Waals surface area contributed by atoms with Crippen LogP contribution >= 0.6 is 0 Å². The Kier molecular flexibility index (Phi) is 11.9. The number of hydrogen-bond donors (Lipinski definition) is 4. The molecular weight excluding hydrogens is 328 g/mol. The Balaban J connectivity index is 4.22. The van der Waals surface area contributed by atoms with Crippen LogP contribution < -0.4 is 0 Å². The molecule has 25 heavy (non-hydrogen) atoms. The molecule has 0 spiro atoms. The van der Waals surface area contributed by atoms with Gasteiger partial charge in [0.15, 0.2) is 5.60 Å². The lowest BCUT2D eigenvalue weighted by atomic mass is 9.81. The Hall–Kier alpha value is -1.63. The molecule has 0 rings (SSSR count). The first-order valence-corrected chi connectivity index (χ1v) is 9.16. The second kappa shape index (κ2) is 12.7. The molecule has 2 atom stereocenters. The third-order valence-corrected chi connectivity index (χ3v) is 4.51. The van der Waals surface area contributed by atoms with Crippen LogP contribution in [0.5, 0.6) is 0 Å². The van der Waals surface area contributed by atoms with Crippen molar-refractivity contribution in [2.45, 2.75) is 89.6 Å². The molecule has 146 valence electrons. The van der Waals surface area contributed by atoms with E-state index < -0.39 is 35.8 Å². The van der Waals surface area contributed by atoms with Gasteiger partial charge >= 0.3 is 17.9 Å². The highest BCUT2D eigenvalue weighted by Gasteiger charge is 2.49. The Morgan fingerprint density at radius 3 is 1.60 bits per heavy atom. The zero-order valence-corrected chi connectivity index (χ0v) is 15.1. The second-order valence-corrected chi connectivity index (χ2v) is 6.66. The second-order valence-electron chi connectivity index (χ2n) is 6.66. The molecule has 0 aliphatic carbocycles. The number of carboxylic acids is 3. The Bertz CT molecular complexity index is 422. The summed E-state index contributed by atoms with van der Waals surface area (Å²) in [7, 11) is 0. The van der Waals surface area contributed by atoms with Gasteiger partial charge in [0.25, 0.3) is 0 Å². The highest BCUT2D eigenvalue weighted by Crippen LogP contribution is 2.28. The molecule has 0 saturated carbocycles. The Morgan fingerprint density at radius 1 is 0.800 bits per heavy atom. The van der Waals surface area contributed by atoms with Crippen LogP contribution in [0.15, 0.2) is 0 Å². The van der Waals surface area contributed by atoms with Crippen LogP contribution in [0.3, 0.4) is 0 Å². The smallest absolute Gasteiger partial charge is 0.337 e. The van der Waals surface area contributed by atoms with Gasteiger partial charge in [-0.2, -0.15) is 0 Å². The highest BCUT2D eigenvalue weighted by atomic mass is 16.4. The summed E-state index contributed by atoms with van der Waals surface area (Å²) in [5.41, 5.74) is -2.78. The molecule has 0 unspecified atom stereocenters. The summed E-state index contributed by atoms with van der Waals surface area (Å²) in [6.07, 6.45) is 9.26. The van der Waals surface area contributed by atoms with E-state index in [0.29, 0.717) is 6.42 Å². The van der Waals surface area contributed by atoms with Gasteiger partial charge in [0.2, 0.25) is 0 Å². The van der Waals surface area contributed by atoms with Crippen LogP contribution in [-0.4, -0.2) is 43.9 Å². The van der Waals surface area contributed by atoms with Crippen molar-refractivity contribution >= 4 is 17.9 Å². The maximum atomic E-state index is 11.3. The SMILES string of the molecule is CCCCCCCCCCCC[C@@H](C(=O)O)[C@](O)(CC(=O)O)C(=O)O. The van der Waals surface area contributed by atoms with Crippen LogP contribution in [0.1, 0.15) is 84.0 Å². The van der Waals surface area contributed by atoms with E-state index in [-0.39, 0.29) is 6.42 Å². The summed E-state index contributed by atoms with van der Waals surface area (Å²) in [6.45, 7) is 2.17. The minimum Gasteiger partial charge on any atom is -0.481 e. The molecule has 7 heteroatoms. The minimum absolute atomic E-state index is 0.0537. The summed E-state index contributed by atoms with van der Waals surface area (Å²) in [4.78, 5) is 33.3. The molecular formula is C18H32O7. The Morgan fingerprint density at radius 2 is 1.24 bits per heavy atom. The lowest BCUT2D eigenvalue weighted by Gasteiger charge is -2.28. The largest absolute Gasteiger partial charge is 0.481 e. The van der Waals surface area contributed by atoms with Crippen molar-refractivity contribution < 1.29 is 34.8 Å². The van der Waals surface area contributed by atoms with Gasteiger partial charge in [0.05, 0.1) is 12.3 Å². The number of unbranched alkanes of at least 4 members (excludes halogenated alkanes) is 9. The monoisotopic (exact) mass is 360 g/mol. The molecule has 0 aromatic carbocycles. The summed E-state index contributed by atoms with van der Waals surface area (Å²) in [5.74, 6) is -6.47. The van der Waals surface area contributed by atoms with Gasteiger partial charge in [-0.1, -0.05) is 71.1 Å². The molecule has 0 aromatic rings. The molecule has 0 bridgehead atoms. The molecule has 0 amide bonds. The van der Waals surface area contributed by atoms with Gasteiger partial charge in [0.1, 0.15) is 0 Å². The fourth-order valence-electron chi connectivity index (χ4n) is 2.98. The average molecular weight is 360 g/mol. The summed E-state index contributed by atoms with van der Waals surface area (Å²) in [6, 6.07) is 0. The number of aliphatic hydroxyl groups is 1. The molecule has 0 aliphatic heterocycles. The van der Waals surface area contributed by atoms with Crippen LogP contribution in [0.25, 0.3) is 0 Å². The van der Waals surface area contributed by atoms with E-state index in [0.717, 1.165) is 25.7 Å². The van der Waals surface area contributed by atoms with Crippen molar-refractivity contribution in [3.05, 3.63) is 0 Å². The van der Waals surface area contributed by atoms with Crippen molar-refractivity contribution in [2.24, 2.45) is 5.92 Å². The fraction of sp³-hybridized carbons (Fsp3) is 0.833. The number of carboxylic acid groups (broad SMARTS) is 3. The van der Waals surface area contributed by atoms with Crippen molar-refractivity contribution in [1.82, 2.24) is 0 Å². The first-order chi connectivity index (χ1) is 11.8. The van der Waals surface area contributed by atoms with Gasteiger partial charge < -0.3 is 20.4 Å². The van der Waals surface area contributed by atoms with E-state index in [2.05, 4.69) is 6.92 Å². The lowest BCUT2D eigenvalue weighted by Crippen LogP contribution is -2.50. The van der Waals surface area contributed by atoms with Crippen molar-refractivity contribution in [3.8, 4) is 0 Å². The molecule has 7 nitrogen and oxygen atoms in total. The maximum Gasteiger partial charge on any atom is 0.337 e. The van der Waals surface area contributed by atoms with E-state index in [1.165, 1.54) is 32.1 Å². The normalized spacial score (nSPS) is 14.6. The van der Waals surface area contributed by atoms with Gasteiger partial charge in [-0.25, -0.2) is 4.79 Å². The summed E-state index contributed by atoms with van der Waals surface area (Å²) >= 11 is 0. The minimum atomic E-state index is -2.78. The molecule has 0 aromatic heterocycles. The third-order valence-electron chi connectivity index (χ3n) is 4.51. The third kappa shape index (κ3) is 9.43. The summed E-state index contributed by atoms with van der Waals surface area (Å²) in [5, 5.41) is 37.1. The van der Waals surface area contributed by atoms with Gasteiger partial charge in [-0.3, -0.25) is 9.59 Å². The molecule has 0 fully saturated rings. The van der Waals surface area contributed by atoms with Crippen molar-refractivity contribution in [2.75, 3.05) is 0 Å². The van der Waals surface area contributed by atoms with Crippen molar-refractivity contribution in [3.63, 3.8) is 0 Å². The van der Waals surface area contributed by atoms with E-state index in [1.807, 2.05) is 0 Å². The number of hydrogen-bond acceptors (Lipinski definition) is 4. The van der Waals surface area contributed by atoms with Gasteiger partial charge in [-0.05, 0) is 6.42 Å². The van der Waals surface area contributed by atoms with Crippen molar-refractivity contribution in [1.29, 1.82) is 0 Å². The van der Waals surface area contributed by atoms with Crippen LogP contribution in [0.2, 0.25) is 0 Å². The fourth-order valence-corrected chi connectivity index (χ4v) is 2.98. The highest BCUT2D eigenvalue weighted by molar-refractivity contribution is 5.89. The maximum absolute atomic E-state index is 11.3.